The van der Waals surface area contributed by atoms with Crippen molar-refractivity contribution in [3.63, 3.8) is 0 Å². The maximum absolute atomic E-state index is 14.7. The average Bonchev–Trinajstić information content (AvgIpc) is 3.11. The summed E-state index contributed by atoms with van der Waals surface area (Å²) in [7, 11) is 0. The minimum Gasteiger partial charge on any atom is -0.354 e. The van der Waals surface area contributed by atoms with Crippen molar-refractivity contribution in [1.82, 2.24) is 5.16 Å². The summed E-state index contributed by atoms with van der Waals surface area (Å²) in [4.78, 5) is 0.414. The van der Waals surface area contributed by atoms with Crippen LogP contribution >= 0.6 is 11.8 Å². The summed E-state index contributed by atoms with van der Waals surface area (Å²) >= 11 is 0.649. The molecule has 0 fully saturated rings. The third kappa shape index (κ3) is 4.38. The number of hydrogen-bond acceptors (Lipinski definition) is 3. The van der Waals surface area contributed by atoms with Crippen molar-refractivity contribution in [2.24, 2.45) is 0 Å². The molecule has 2 aromatic carbocycles. The third-order valence-corrected chi connectivity index (χ3v) is 5.37. The molecule has 3 rings (SSSR count). The van der Waals surface area contributed by atoms with Gasteiger partial charge in [0, 0.05) is 22.1 Å². The van der Waals surface area contributed by atoms with Gasteiger partial charge in [-0.25, -0.2) is 0 Å². The summed E-state index contributed by atoms with van der Waals surface area (Å²) in [5.41, 5.74) is 1.75. The highest BCUT2D eigenvalue weighted by molar-refractivity contribution is 7.99. The number of aryl methyl sites for hydroxylation is 2. The summed E-state index contributed by atoms with van der Waals surface area (Å²) in [6.07, 6.45) is -4.30. The van der Waals surface area contributed by atoms with Gasteiger partial charge in [0.1, 0.15) is 5.69 Å². The van der Waals surface area contributed by atoms with Crippen LogP contribution in [0.15, 0.2) is 57.9 Å². The molecule has 0 N–H and O–H groups in total. The number of alkyl halides is 5. The first-order valence-electron chi connectivity index (χ1n) is 8.29. The first kappa shape index (κ1) is 20.4. The van der Waals surface area contributed by atoms with E-state index in [9.17, 15) is 22.0 Å². The quantitative estimate of drug-likeness (QED) is 0.342. The van der Waals surface area contributed by atoms with E-state index in [0.717, 1.165) is 6.07 Å². The number of halogens is 5. The van der Waals surface area contributed by atoms with Gasteiger partial charge >= 0.3 is 12.1 Å². The van der Waals surface area contributed by atoms with Crippen molar-refractivity contribution in [2.75, 3.05) is 5.75 Å². The van der Waals surface area contributed by atoms with Crippen molar-refractivity contribution in [3.8, 4) is 11.3 Å². The molecule has 0 aliphatic carbocycles. The molecule has 28 heavy (non-hydrogen) atoms. The molecule has 0 spiro atoms. The Hall–Kier alpha value is -2.35. The van der Waals surface area contributed by atoms with Gasteiger partial charge in [-0.3, -0.25) is 0 Å². The van der Waals surface area contributed by atoms with Crippen LogP contribution in [0.1, 0.15) is 22.5 Å². The van der Waals surface area contributed by atoms with Crippen LogP contribution in [0.5, 0.6) is 0 Å². The Labute approximate surface area is 162 Å². The molecule has 8 heteroatoms. The Morgan fingerprint density at radius 2 is 1.61 bits per heavy atom. The van der Waals surface area contributed by atoms with Crippen LogP contribution in [0, 0.1) is 13.8 Å². The number of aromatic nitrogens is 1. The minimum atomic E-state index is -4.30. The fourth-order valence-electron chi connectivity index (χ4n) is 2.76. The highest BCUT2D eigenvalue weighted by Crippen LogP contribution is 2.39. The van der Waals surface area contributed by atoms with Gasteiger partial charge in [-0.15, -0.1) is 11.8 Å². The summed E-state index contributed by atoms with van der Waals surface area (Å²) in [6, 6.07) is 11.5. The fraction of sp³-hybridized carbons (Fsp3) is 0.250. The van der Waals surface area contributed by atoms with Crippen molar-refractivity contribution < 1.29 is 26.5 Å². The Morgan fingerprint density at radius 1 is 0.929 bits per heavy atom. The molecule has 148 valence electrons. The monoisotopic (exact) mass is 413 g/mol. The van der Waals surface area contributed by atoms with E-state index < -0.39 is 23.6 Å². The van der Waals surface area contributed by atoms with Crippen molar-refractivity contribution in [1.29, 1.82) is 0 Å². The third-order valence-electron chi connectivity index (χ3n) is 4.15. The molecule has 0 atom stereocenters. The Kier molecular flexibility index (Phi) is 5.52. The van der Waals surface area contributed by atoms with E-state index in [1.807, 2.05) is 0 Å². The lowest BCUT2D eigenvalue weighted by Gasteiger charge is -2.13. The van der Waals surface area contributed by atoms with Crippen LogP contribution in [0.4, 0.5) is 22.0 Å². The lowest BCUT2D eigenvalue weighted by molar-refractivity contribution is -0.105. The number of thioether (sulfide) groups is 1. The molecule has 0 bridgehead atoms. The van der Waals surface area contributed by atoms with Crippen molar-refractivity contribution >= 4 is 11.8 Å². The van der Waals surface area contributed by atoms with Crippen LogP contribution < -0.4 is 0 Å². The van der Waals surface area contributed by atoms with Crippen LogP contribution in [-0.2, 0) is 5.92 Å². The highest BCUT2D eigenvalue weighted by Gasteiger charge is 2.38. The lowest BCUT2D eigenvalue weighted by Crippen LogP contribution is -2.13. The van der Waals surface area contributed by atoms with Gasteiger partial charge in [-0.2, -0.15) is 22.0 Å². The molecular formula is C20H16F5NOS. The maximum atomic E-state index is 14.7. The van der Waals surface area contributed by atoms with Crippen LogP contribution in [0.2, 0.25) is 0 Å². The summed E-state index contributed by atoms with van der Waals surface area (Å²) in [5, 5.41) is 3.73. The molecule has 0 unspecified atom stereocenters. The van der Waals surface area contributed by atoms with Crippen LogP contribution in [-0.4, -0.2) is 17.1 Å². The number of nitrogens with zero attached hydrogens (tertiary/aromatic N) is 1. The normalized spacial score (nSPS) is 12.4. The van der Waals surface area contributed by atoms with Gasteiger partial charge in [0.25, 0.3) is 0 Å². The van der Waals surface area contributed by atoms with E-state index in [4.69, 9.17) is 4.52 Å². The van der Waals surface area contributed by atoms with Gasteiger partial charge in [-0.1, -0.05) is 41.6 Å². The number of rotatable bonds is 5. The predicted molar refractivity (Wildman–Crippen MR) is 97.6 cm³/mol. The molecule has 0 amide bonds. The smallest absolute Gasteiger partial charge is 0.354 e. The van der Waals surface area contributed by atoms with E-state index in [1.54, 1.807) is 26.0 Å². The van der Waals surface area contributed by atoms with Gasteiger partial charge < -0.3 is 4.52 Å². The first-order chi connectivity index (χ1) is 13.1. The molecule has 0 radical (unpaired) electrons. The molecular weight excluding hydrogens is 397 g/mol. The zero-order chi connectivity index (χ0) is 20.5. The van der Waals surface area contributed by atoms with E-state index >= 15 is 0 Å². The van der Waals surface area contributed by atoms with Crippen molar-refractivity contribution in [3.05, 3.63) is 71.0 Å². The van der Waals surface area contributed by atoms with Gasteiger partial charge in [0.15, 0.2) is 0 Å². The Bertz CT molecular complexity index is 966. The number of hydrogen-bond donors (Lipinski definition) is 0. The van der Waals surface area contributed by atoms with E-state index in [0.29, 0.717) is 33.3 Å². The van der Waals surface area contributed by atoms with E-state index in [1.165, 1.54) is 30.3 Å². The number of benzene rings is 2. The molecule has 1 heterocycles. The van der Waals surface area contributed by atoms with Crippen LogP contribution in [0.25, 0.3) is 11.3 Å². The summed E-state index contributed by atoms with van der Waals surface area (Å²) < 4.78 is 71.8. The molecule has 3 aromatic rings. The second-order valence-electron chi connectivity index (χ2n) is 6.35. The van der Waals surface area contributed by atoms with Crippen molar-refractivity contribution in [2.45, 2.75) is 30.8 Å². The van der Waals surface area contributed by atoms with E-state index in [-0.39, 0.29) is 11.3 Å². The van der Waals surface area contributed by atoms with Gasteiger partial charge in [0.2, 0.25) is 5.76 Å². The highest BCUT2D eigenvalue weighted by atomic mass is 32.2. The largest absolute Gasteiger partial charge is 0.398 e. The van der Waals surface area contributed by atoms with Crippen LogP contribution in [0.3, 0.4) is 0 Å². The Morgan fingerprint density at radius 3 is 2.25 bits per heavy atom. The second kappa shape index (κ2) is 7.58. The topological polar surface area (TPSA) is 26.0 Å². The SMILES string of the molecule is Cc1cc(C)c(-c2cc(C(F)(F)c3ccccc3)on2)cc1SCC(F)(F)F. The lowest BCUT2D eigenvalue weighted by atomic mass is 10.0. The zero-order valence-electron chi connectivity index (χ0n) is 15.0. The van der Waals surface area contributed by atoms with Gasteiger partial charge in [-0.05, 0) is 31.0 Å². The molecule has 0 saturated carbocycles. The maximum Gasteiger partial charge on any atom is 0.398 e. The first-order valence-corrected chi connectivity index (χ1v) is 9.28. The zero-order valence-corrected chi connectivity index (χ0v) is 15.8. The van der Waals surface area contributed by atoms with Gasteiger partial charge in [0.05, 0.1) is 5.75 Å². The second-order valence-corrected chi connectivity index (χ2v) is 7.37. The standard InChI is InChI=1S/C20H16F5NOS/c1-12-8-13(2)17(28-11-19(21,22)23)9-15(12)16-10-18(27-26-16)20(24,25)14-6-4-3-5-7-14/h3-10H,11H2,1-2H3. The van der Waals surface area contributed by atoms with E-state index in [2.05, 4.69) is 5.16 Å². The summed E-state index contributed by atoms with van der Waals surface area (Å²) in [5.74, 6) is -5.04. The minimum absolute atomic E-state index is 0.150. The molecule has 0 aliphatic rings. The molecule has 2 nitrogen and oxygen atoms in total. The fourth-order valence-corrected chi connectivity index (χ4v) is 3.57. The molecule has 1 aromatic heterocycles. The predicted octanol–water partition coefficient (Wildman–Crippen LogP) is 6.75. The molecule has 0 saturated heterocycles. The summed E-state index contributed by atoms with van der Waals surface area (Å²) in [6.45, 7) is 3.44. The Balaban J connectivity index is 1.95. The molecule has 0 aliphatic heterocycles. The average molecular weight is 413 g/mol.